The van der Waals surface area contributed by atoms with Crippen LogP contribution in [-0.4, -0.2) is 9.13 Å². The maximum atomic E-state index is 2.48. The molecule has 0 N–H and O–H groups in total. The predicted molar refractivity (Wildman–Crippen MR) is 250 cm³/mol. The first-order valence-electron chi connectivity index (χ1n) is 20.3. The highest BCUT2D eigenvalue weighted by molar-refractivity contribution is 6.26. The van der Waals surface area contributed by atoms with E-state index >= 15 is 0 Å². The molecule has 10 aromatic carbocycles. The van der Waals surface area contributed by atoms with E-state index in [0.717, 1.165) is 28.4 Å². The maximum absolute atomic E-state index is 2.48. The second-order valence-electron chi connectivity index (χ2n) is 15.3. The number of anilines is 3. The van der Waals surface area contributed by atoms with Crippen molar-refractivity contribution in [3.8, 4) is 22.5 Å². The summed E-state index contributed by atoms with van der Waals surface area (Å²) in [4.78, 5) is 2.43. The smallest absolute Gasteiger partial charge is 0.0641 e. The van der Waals surface area contributed by atoms with Gasteiger partial charge in [0, 0.05) is 49.4 Å². The van der Waals surface area contributed by atoms with Crippen LogP contribution in [0.15, 0.2) is 224 Å². The van der Waals surface area contributed by atoms with Crippen molar-refractivity contribution >= 4 is 82.2 Å². The number of fused-ring (bicyclic) bond motifs is 9. The van der Waals surface area contributed by atoms with Gasteiger partial charge in [0.05, 0.1) is 33.4 Å². The molecule has 2 aromatic heterocycles. The number of rotatable bonds is 6. The number of hydrogen-bond acceptors (Lipinski definition) is 1. The molecule has 0 saturated carbocycles. The summed E-state index contributed by atoms with van der Waals surface area (Å²) in [6, 6.07) is 81.7. The molecular formula is C56H37N3. The lowest BCUT2D eigenvalue weighted by Crippen LogP contribution is -2.11. The van der Waals surface area contributed by atoms with E-state index < -0.39 is 0 Å². The van der Waals surface area contributed by atoms with Crippen molar-refractivity contribution in [2.45, 2.75) is 0 Å². The highest BCUT2D eigenvalue weighted by Gasteiger charge is 2.22. The zero-order chi connectivity index (χ0) is 38.9. The first-order chi connectivity index (χ1) is 29.3. The normalized spacial score (nSPS) is 11.7. The van der Waals surface area contributed by atoms with Crippen molar-refractivity contribution in [2.75, 3.05) is 4.90 Å². The van der Waals surface area contributed by atoms with Crippen LogP contribution in [-0.2, 0) is 0 Å². The molecule has 0 unspecified atom stereocenters. The fourth-order valence-electron chi connectivity index (χ4n) is 9.45. The topological polar surface area (TPSA) is 13.1 Å². The van der Waals surface area contributed by atoms with E-state index in [1.54, 1.807) is 0 Å². The molecule has 0 fully saturated rings. The Morgan fingerprint density at radius 2 is 0.780 bits per heavy atom. The number of hydrogen-bond donors (Lipinski definition) is 0. The Morgan fingerprint density at radius 1 is 0.288 bits per heavy atom. The number of benzene rings is 10. The van der Waals surface area contributed by atoms with Crippen molar-refractivity contribution in [3.63, 3.8) is 0 Å². The molecule has 0 spiro atoms. The molecule has 0 aliphatic heterocycles. The standard InChI is InChI=1S/C56H37N3/c1-2-14-38(15-3-1)39-28-30-42(31-29-39)58-53-25-11-9-23-49(53)55-54(58)37-36-48-47-22-8-10-24-52(47)59(56(48)55)44-34-32-43(33-35-44)57(50-26-12-18-40-16-4-6-20-45(40)50)51-27-13-19-41-17-5-7-21-46(41)51/h1-37H. The minimum Gasteiger partial charge on any atom is -0.309 e. The van der Waals surface area contributed by atoms with Gasteiger partial charge < -0.3 is 14.0 Å². The second-order valence-corrected chi connectivity index (χ2v) is 15.3. The lowest BCUT2D eigenvalue weighted by molar-refractivity contribution is 1.17. The van der Waals surface area contributed by atoms with Crippen molar-refractivity contribution in [3.05, 3.63) is 224 Å². The van der Waals surface area contributed by atoms with Crippen LogP contribution in [0.3, 0.4) is 0 Å². The molecule has 0 amide bonds. The number of para-hydroxylation sites is 2. The first kappa shape index (κ1) is 33.3. The largest absolute Gasteiger partial charge is 0.309 e. The van der Waals surface area contributed by atoms with Crippen LogP contribution in [0.5, 0.6) is 0 Å². The van der Waals surface area contributed by atoms with Crippen LogP contribution < -0.4 is 4.90 Å². The Hall–Kier alpha value is -7.88. The minimum absolute atomic E-state index is 1.10. The third-order valence-electron chi connectivity index (χ3n) is 12.1. The summed E-state index contributed by atoms with van der Waals surface area (Å²) in [5.74, 6) is 0. The molecule has 3 nitrogen and oxygen atoms in total. The molecule has 0 atom stereocenters. The molecule has 0 saturated heterocycles. The van der Waals surface area contributed by atoms with Gasteiger partial charge in [-0.3, -0.25) is 0 Å². The quantitative estimate of drug-likeness (QED) is 0.165. The first-order valence-corrected chi connectivity index (χ1v) is 20.3. The Bertz CT molecular complexity index is 3450. The highest BCUT2D eigenvalue weighted by Crippen LogP contribution is 2.45. The molecule has 3 heteroatoms. The summed E-state index contributed by atoms with van der Waals surface area (Å²) in [6.07, 6.45) is 0. The van der Waals surface area contributed by atoms with Crippen molar-refractivity contribution in [1.82, 2.24) is 9.13 Å². The summed E-state index contributed by atoms with van der Waals surface area (Å²) in [6.45, 7) is 0. The predicted octanol–water partition coefficient (Wildman–Crippen LogP) is 15.3. The monoisotopic (exact) mass is 751 g/mol. The Morgan fingerprint density at radius 3 is 1.44 bits per heavy atom. The maximum Gasteiger partial charge on any atom is 0.0641 e. The SMILES string of the molecule is c1ccc(-c2ccc(-n3c4ccccc4c4c3ccc3c5ccccc5n(-c5ccc(N(c6cccc7ccccc67)c6cccc7ccccc67)cc5)c34)cc2)cc1. The van der Waals surface area contributed by atoms with Gasteiger partial charge in [0.2, 0.25) is 0 Å². The van der Waals surface area contributed by atoms with Crippen LogP contribution in [0.1, 0.15) is 0 Å². The van der Waals surface area contributed by atoms with Crippen LogP contribution >= 0.6 is 0 Å². The zero-order valence-corrected chi connectivity index (χ0v) is 32.2. The molecule has 59 heavy (non-hydrogen) atoms. The number of nitrogens with zero attached hydrogens (tertiary/aromatic N) is 3. The molecule has 0 bridgehead atoms. The van der Waals surface area contributed by atoms with Crippen LogP contribution in [0.4, 0.5) is 17.1 Å². The summed E-state index contributed by atoms with van der Waals surface area (Å²) in [7, 11) is 0. The average molecular weight is 752 g/mol. The van der Waals surface area contributed by atoms with E-state index in [9.17, 15) is 0 Å². The molecule has 2 heterocycles. The Kier molecular flexibility index (Phi) is 7.54. The molecular weight excluding hydrogens is 715 g/mol. The molecule has 0 radical (unpaired) electrons. The van der Waals surface area contributed by atoms with E-state index in [1.807, 2.05) is 0 Å². The average Bonchev–Trinajstić information content (AvgIpc) is 3.83. The molecule has 276 valence electrons. The van der Waals surface area contributed by atoms with E-state index in [4.69, 9.17) is 0 Å². The summed E-state index contributed by atoms with van der Waals surface area (Å²) < 4.78 is 4.91. The second kappa shape index (κ2) is 13.4. The highest BCUT2D eigenvalue weighted by atomic mass is 15.1. The van der Waals surface area contributed by atoms with Gasteiger partial charge in [-0.15, -0.1) is 0 Å². The van der Waals surface area contributed by atoms with Gasteiger partial charge in [-0.2, -0.15) is 0 Å². The van der Waals surface area contributed by atoms with Gasteiger partial charge in [0.1, 0.15) is 0 Å². The lowest BCUT2D eigenvalue weighted by atomic mass is 10.0. The molecule has 12 rings (SSSR count). The van der Waals surface area contributed by atoms with Crippen LogP contribution in [0.25, 0.3) is 87.7 Å². The van der Waals surface area contributed by atoms with Crippen molar-refractivity contribution in [1.29, 1.82) is 0 Å². The number of aromatic nitrogens is 2. The van der Waals surface area contributed by atoms with Gasteiger partial charge >= 0.3 is 0 Å². The van der Waals surface area contributed by atoms with Gasteiger partial charge in [-0.25, -0.2) is 0 Å². The van der Waals surface area contributed by atoms with Gasteiger partial charge in [0.15, 0.2) is 0 Å². The molecule has 0 aliphatic rings. The van der Waals surface area contributed by atoms with Crippen LogP contribution in [0, 0.1) is 0 Å². The van der Waals surface area contributed by atoms with Crippen LogP contribution in [0.2, 0.25) is 0 Å². The van der Waals surface area contributed by atoms with E-state index in [0.29, 0.717) is 0 Å². The Labute approximate surface area is 341 Å². The minimum atomic E-state index is 1.10. The summed E-state index contributed by atoms with van der Waals surface area (Å²) in [5.41, 5.74) is 12.9. The molecule has 12 aromatic rings. The van der Waals surface area contributed by atoms with Crippen molar-refractivity contribution in [2.24, 2.45) is 0 Å². The zero-order valence-electron chi connectivity index (χ0n) is 32.2. The third kappa shape index (κ3) is 5.22. The fraction of sp³-hybridized carbons (Fsp3) is 0. The Balaban J connectivity index is 1.08. The van der Waals surface area contributed by atoms with Gasteiger partial charge in [0.25, 0.3) is 0 Å². The van der Waals surface area contributed by atoms with E-state index in [1.165, 1.54) is 76.3 Å². The lowest BCUT2D eigenvalue weighted by Gasteiger charge is -2.28. The molecule has 0 aliphatic carbocycles. The fourth-order valence-corrected chi connectivity index (χ4v) is 9.45. The van der Waals surface area contributed by atoms with Gasteiger partial charge in [-0.1, -0.05) is 158 Å². The summed E-state index contributed by atoms with van der Waals surface area (Å²) >= 11 is 0. The van der Waals surface area contributed by atoms with Crippen molar-refractivity contribution < 1.29 is 0 Å². The van der Waals surface area contributed by atoms with E-state index in [-0.39, 0.29) is 0 Å². The van der Waals surface area contributed by atoms with Gasteiger partial charge in [-0.05, 0) is 88.6 Å². The third-order valence-corrected chi connectivity index (χ3v) is 12.1. The van der Waals surface area contributed by atoms with E-state index in [2.05, 4.69) is 238 Å². The summed E-state index contributed by atoms with van der Waals surface area (Å²) in [5, 5.41) is 9.82.